The lowest BCUT2D eigenvalue weighted by Gasteiger charge is -2.25. The van der Waals surface area contributed by atoms with Gasteiger partial charge in [0.05, 0.1) is 6.61 Å². The first-order valence-corrected chi connectivity index (χ1v) is 7.21. The van der Waals surface area contributed by atoms with Crippen molar-refractivity contribution in [2.45, 2.75) is 38.8 Å². The second kappa shape index (κ2) is 6.40. The van der Waals surface area contributed by atoms with Crippen LogP contribution in [-0.4, -0.2) is 38.2 Å². The normalized spacial score (nSPS) is 20.6. The molecule has 3 heteroatoms. The summed E-state index contributed by atoms with van der Waals surface area (Å²) >= 11 is 0. The van der Waals surface area contributed by atoms with Crippen LogP contribution in [0.15, 0.2) is 18.2 Å². The van der Waals surface area contributed by atoms with Crippen molar-refractivity contribution in [1.82, 2.24) is 10.2 Å². The van der Waals surface area contributed by atoms with Crippen molar-refractivity contribution in [1.29, 1.82) is 0 Å². The average Bonchev–Trinajstić information content (AvgIpc) is 2.59. The number of para-hydroxylation sites is 1. The van der Waals surface area contributed by atoms with Gasteiger partial charge in [-0.3, -0.25) is 0 Å². The number of benzene rings is 1. The minimum atomic E-state index is 0.416. The lowest BCUT2D eigenvalue weighted by Crippen LogP contribution is -2.37. The number of ether oxygens (including phenoxy) is 1. The Balaban J connectivity index is 2.11. The van der Waals surface area contributed by atoms with E-state index in [4.69, 9.17) is 4.74 Å². The molecule has 0 saturated heterocycles. The molecule has 1 heterocycles. The Morgan fingerprint density at radius 3 is 2.95 bits per heavy atom. The number of nitrogens with one attached hydrogen (secondary N) is 1. The second-order valence-electron chi connectivity index (χ2n) is 5.76. The number of fused-ring (bicyclic) bond motifs is 1. The molecular formula is C16H26N2O. The first kappa shape index (κ1) is 14.4. The van der Waals surface area contributed by atoms with Crippen LogP contribution in [0.1, 0.15) is 36.9 Å². The summed E-state index contributed by atoms with van der Waals surface area (Å²) in [6.07, 6.45) is 2.26. The van der Waals surface area contributed by atoms with Gasteiger partial charge in [0, 0.05) is 24.2 Å². The van der Waals surface area contributed by atoms with Gasteiger partial charge in [0.25, 0.3) is 0 Å². The number of aryl methyl sites for hydroxylation is 1. The van der Waals surface area contributed by atoms with Gasteiger partial charge in [-0.2, -0.15) is 0 Å². The zero-order valence-electron chi connectivity index (χ0n) is 12.6. The Morgan fingerprint density at radius 1 is 1.42 bits per heavy atom. The van der Waals surface area contributed by atoms with Crippen LogP contribution in [0.3, 0.4) is 0 Å². The van der Waals surface area contributed by atoms with E-state index in [1.807, 2.05) is 0 Å². The molecule has 19 heavy (non-hydrogen) atoms. The molecule has 2 rings (SSSR count). The summed E-state index contributed by atoms with van der Waals surface area (Å²) in [5.41, 5.74) is 2.57. The van der Waals surface area contributed by atoms with Gasteiger partial charge in [0.15, 0.2) is 0 Å². The fraction of sp³-hybridized carbons (Fsp3) is 0.625. The smallest absolute Gasteiger partial charge is 0.126 e. The number of nitrogens with zero attached hydrogens (tertiary/aromatic N) is 1. The third kappa shape index (κ3) is 3.48. The van der Waals surface area contributed by atoms with E-state index >= 15 is 0 Å². The molecule has 0 aromatic heterocycles. The highest BCUT2D eigenvalue weighted by atomic mass is 16.5. The largest absolute Gasteiger partial charge is 0.493 e. The van der Waals surface area contributed by atoms with Gasteiger partial charge in [-0.25, -0.2) is 0 Å². The number of likely N-dealkylation sites (N-methyl/N-ethyl adjacent to an activating group) is 1. The fourth-order valence-corrected chi connectivity index (χ4v) is 2.47. The van der Waals surface area contributed by atoms with E-state index in [2.05, 4.69) is 56.4 Å². The van der Waals surface area contributed by atoms with Crippen molar-refractivity contribution < 1.29 is 4.74 Å². The van der Waals surface area contributed by atoms with Gasteiger partial charge < -0.3 is 15.0 Å². The third-order valence-corrected chi connectivity index (χ3v) is 4.04. The molecule has 106 valence electrons. The summed E-state index contributed by atoms with van der Waals surface area (Å²) in [5.74, 6) is 1.09. The van der Waals surface area contributed by atoms with Crippen LogP contribution >= 0.6 is 0 Å². The van der Waals surface area contributed by atoms with Gasteiger partial charge >= 0.3 is 0 Å². The van der Waals surface area contributed by atoms with Crippen LogP contribution in [0.4, 0.5) is 0 Å². The standard InChI is InChI=1S/C16H26N2O/c1-12-7-5-8-14-15(9-6-10-19-16(12)14)17-11-13(2)18(3)4/h5,7-8,13,15,17H,6,9-11H2,1-4H3. The van der Waals surface area contributed by atoms with Crippen LogP contribution < -0.4 is 10.1 Å². The van der Waals surface area contributed by atoms with E-state index in [-0.39, 0.29) is 0 Å². The molecule has 0 radical (unpaired) electrons. The molecule has 3 nitrogen and oxygen atoms in total. The zero-order chi connectivity index (χ0) is 13.8. The summed E-state index contributed by atoms with van der Waals surface area (Å²) in [5, 5.41) is 3.70. The Labute approximate surface area is 116 Å². The molecule has 1 aromatic carbocycles. The first-order chi connectivity index (χ1) is 9.09. The SMILES string of the molecule is Cc1cccc2c1OCCCC2NCC(C)N(C)C. The summed E-state index contributed by atoms with van der Waals surface area (Å²) < 4.78 is 5.91. The molecule has 1 aliphatic heterocycles. The third-order valence-electron chi connectivity index (χ3n) is 4.04. The van der Waals surface area contributed by atoms with Gasteiger partial charge in [-0.15, -0.1) is 0 Å². The molecular weight excluding hydrogens is 236 g/mol. The summed E-state index contributed by atoms with van der Waals surface area (Å²) in [4.78, 5) is 2.25. The Hall–Kier alpha value is -1.06. The van der Waals surface area contributed by atoms with Crippen molar-refractivity contribution in [2.75, 3.05) is 27.2 Å². The summed E-state index contributed by atoms with van der Waals surface area (Å²) in [6.45, 7) is 6.21. The van der Waals surface area contributed by atoms with E-state index in [9.17, 15) is 0 Å². The molecule has 2 unspecified atom stereocenters. The van der Waals surface area contributed by atoms with Crippen LogP contribution in [0, 0.1) is 6.92 Å². The predicted octanol–water partition coefficient (Wildman–Crippen LogP) is 2.75. The fourth-order valence-electron chi connectivity index (χ4n) is 2.47. The zero-order valence-corrected chi connectivity index (χ0v) is 12.6. The molecule has 1 aromatic rings. The molecule has 2 atom stereocenters. The van der Waals surface area contributed by atoms with Crippen molar-refractivity contribution >= 4 is 0 Å². The Kier molecular flexibility index (Phi) is 4.83. The van der Waals surface area contributed by atoms with Gasteiger partial charge in [0.2, 0.25) is 0 Å². The van der Waals surface area contributed by atoms with Crippen molar-refractivity contribution in [3.63, 3.8) is 0 Å². The quantitative estimate of drug-likeness (QED) is 0.903. The number of hydrogen-bond acceptors (Lipinski definition) is 3. The van der Waals surface area contributed by atoms with Gasteiger partial charge in [0.1, 0.15) is 5.75 Å². The average molecular weight is 262 g/mol. The molecule has 0 spiro atoms. The molecule has 0 bridgehead atoms. The van der Waals surface area contributed by atoms with Crippen molar-refractivity contribution in [2.24, 2.45) is 0 Å². The van der Waals surface area contributed by atoms with Gasteiger partial charge in [-0.05, 0) is 46.3 Å². The van der Waals surface area contributed by atoms with E-state index in [0.29, 0.717) is 12.1 Å². The van der Waals surface area contributed by atoms with Gasteiger partial charge in [-0.1, -0.05) is 18.2 Å². The highest BCUT2D eigenvalue weighted by Gasteiger charge is 2.21. The Bertz CT molecular complexity index is 417. The Morgan fingerprint density at radius 2 is 2.21 bits per heavy atom. The van der Waals surface area contributed by atoms with Crippen molar-refractivity contribution in [3.05, 3.63) is 29.3 Å². The van der Waals surface area contributed by atoms with E-state index < -0.39 is 0 Å². The molecule has 0 amide bonds. The van der Waals surface area contributed by atoms with Crippen LogP contribution in [0.25, 0.3) is 0 Å². The topological polar surface area (TPSA) is 24.5 Å². The first-order valence-electron chi connectivity index (χ1n) is 7.21. The second-order valence-corrected chi connectivity index (χ2v) is 5.76. The maximum atomic E-state index is 5.91. The summed E-state index contributed by atoms with van der Waals surface area (Å²) in [7, 11) is 4.25. The van der Waals surface area contributed by atoms with Crippen LogP contribution in [-0.2, 0) is 0 Å². The maximum Gasteiger partial charge on any atom is 0.126 e. The van der Waals surface area contributed by atoms with E-state index in [1.54, 1.807) is 0 Å². The highest BCUT2D eigenvalue weighted by molar-refractivity contribution is 5.43. The molecule has 1 N–H and O–H groups in total. The monoisotopic (exact) mass is 262 g/mol. The summed E-state index contributed by atoms with van der Waals surface area (Å²) in [6, 6.07) is 7.42. The lowest BCUT2D eigenvalue weighted by atomic mass is 9.99. The maximum absolute atomic E-state index is 5.91. The van der Waals surface area contributed by atoms with E-state index in [1.165, 1.54) is 11.1 Å². The minimum Gasteiger partial charge on any atom is -0.493 e. The molecule has 0 aliphatic carbocycles. The number of hydrogen-bond donors (Lipinski definition) is 1. The molecule has 0 fully saturated rings. The van der Waals surface area contributed by atoms with Crippen LogP contribution in [0.2, 0.25) is 0 Å². The minimum absolute atomic E-state index is 0.416. The highest BCUT2D eigenvalue weighted by Crippen LogP contribution is 2.33. The predicted molar refractivity (Wildman–Crippen MR) is 79.8 cm³/mol. The van der Waals surface area contributed by atoms with E-state index in [0.717, 1.165) is 31.7 Å². The molecule has 0 saturated carbocycles. The van der Waals surface area contributed by atoms with Crippen molar-refractivity contribution in [3.8, 4) is 5.75 Å². The van der Waals surface area contributed by atoms with Crippen LogP contribution in [0.5, 0.6) is 5.75 Å². The number of rotatable bonds is 4. The lowest BCUT2D eigenvalue weighted by molar-refractivity contribution is 0.289. The molecule has 1 aliphatic rings.